The zero-order valence-corrected chi connectivity index (χ0v) is 10.8. The quantitative estimate of drug-likeness (QED) is 0.786. The summed E-state index contributed by atoms with van der Waals surface area (Å²) in [6, 6.07) is 3.27. The molecular weight excluding hydrogens is 301 g/mol. The van der Waals surface area contributed by atoms with Crippen molar-refractivity contribution < 1.29 is 0 Å². The van der Waals surface area contributed by atoms with E-state index >= 15 is 0 Å². The maximum Gasteiger partial charge on any atom is 0.203 e. The second-order valence-corrected chi connectivity index (χ2v) is 4.76. The summed E-state index contributed by atoms with van der Waals surface area (Å²) in [5.74, 6) is 0. The van der Waals surface area contributed by atoms with Crippen LogP contribution >= 0.6 is 39.1 Å². The van der Waals surface area contributed by atoms with Crippen LogP contribution in [0.3, 0.4) is 0 Å². The third-order valence-corrected chi connectivity index (χ3v) is 3.94. The number of benzene rings is 1. The van der Waals surface area contributed by atoms with Gasteiger partial charge in [0.05, 0.1) is 20.0 Å². The van der Waals surface area contributed by atoms with Crippen molar-refractivity contribution in [3.8, 4) is 0 Å². The number of hydrogen-bond donors (Lipinski definition) is 1. The van der Waals surface area contributed by atoms with E-state index in [0.29, 0.717) is 25.4 Å². The van der Waals surface area contributed by atoms with E-state index < -0.39 is 0 Å². The van der Waals surface area contributed by atoms with Crippen molar-refractivity contribution in [3.63, 3.8) is 0 Å². The first kappa shape index (κ1) is 11.0. The molecule has 0 aliphatic carbocycles. The van der Waals surface area contributed by atoms with Crippen molar-refractivity contribution >= 4 is 50.0 Å². The molecule has 0 amide bonds. The lowest BCUT2D eigenvalue weighted by Crippen LogP contribution is -2.06. The lowest BCUT2D eigenvalue weighted by atomic mass is 10.2. The molecule has 0 atom stereocenters. The van der Waals surface area contributed by atoms with Crippen LogP contribution in [0, 0.1) is 6.92 Å². The van der Waals surface area contributed by atoms with Gasteiger partial charge in [-0.15, -0.1) is 0 Å². The van der Waals surface area contributed by atoms with E-state index in [1.807, 2.05) is 0 Å². The van der Waals surface area contributed by atoms with E-state index in [2.05, 4.69) is 20.9 Å². The molecule has 0 aliphatic heterocycles. The number of H-pyrrole nitrogens is 1. The molecule has 2 aromatic rings. The van der Waals surface area contributed by atoms with Gasteiger partial charge in [0.2, 0.25) is 5.43 Å². The Bertz CT molecular complexity index is 606. The zero-order valence-electron chi connectivity index (χ0n) is 7.70. The fourth-order valence-corrected chi connectivity index (χ4v) is 2.08. The Hall–Kier alpha value is -0.510. The second kappa shape index (κ2) is 3.81. The highest BCUT2D eigenvalue weighted by atomic mass is 79.9. The summed E-state index contributed by atoms with van der Waals surface area (Å²) in [7, 11) is 0. The fourth-order valence-electron chi connectivity index (χ4n) is 1.39. The maximum absolute atomic E-state index is 11.8. The van der Waals surface area contributed by atoms with E-state index in [4.69, 9.17) is 23.2 Å². The smallest absolute Gasteiger partial charge is 0.203 e. The van der Waals surface area contributed by atoms with Gasteiger partial charge in [-0.1, -0.05) is 23.2 Å². The summed E-state index contributed by atoms with van der Waals surface area (Å²) in [5, 5.41) is 1.34. The van der Waals surface area contributed by atoms with E-state index in [1.165, 1.54) is 0 Å². The van der Waals surface area contributed by atoms with E-state index in [1.54, 1.807) is 19.1 Å². The number of fused-ring (bicyclic) bond motifs is 1. The highest BCUT2D eigenvalue weighted by molar-refractivity contribution is 9.10. The molecule has 78 valence electrons. The Labute approximate surface area is 104 Å². The molecule has 2 rings (SSSR count). The minimum Gasteiger partial charge on any atom is -0.356 e. The Kier molecular flexibility index (Phi) is 2.79. The maximum atomic E-state index is 11.8. The molecule has 0 spiro atoms. The van der Waals surface area contributed by atoms with E-state index in [-0.39, 0.29) is 5.43 Å². The molecule has 0 fully saturated rings. The SMILES string of the molecule is Cc1[nH]c2c(Cl)c(Cl)ccc2c(=O)c1Br. The van der Waals surface area contributed by atoms with Crippen molar-refractivity contribution in [1.29, 1.82) is 0 Å². The largest absolute Gasteiger partial charge is 0.356 e. The Balaban J connectivity index is 3.06. The summed E-state index contributed by atoms with van der Waals surface area (Å²) in [6.07, 6.45) is 0. The third-order valence-electron chi connectivity index (χ3n) is 2.18. The van der Waals surface area contributed by atoms with Gasteiger partial charge >= 0.3 is 0 Å². The predicted molar refractivity (Wildman–Crippen MR) is 67.0 cm³/mol. The standard InChI is InChI=1S/C10H6BrCl2NO/c1-4-7(11)10(15)5-2-3-6(12)8(13)9(5)14-4/h2-3H,1H3,(H,14,15). The molecule has 15 heavy (non-hydrogen) atoms. The van der Waals surface area contributed by atoms with E-state index in [0.717, 1.165) is 5.69 Å². The molecule has 5 heteroatoms. The van der Waals surface area contributed by atoms with Gasteiger partial charge in [0, 0.05) is 11.1 Å². The summed E-state index contributed by atoms with van der Waals surface area (Å²) >= 11 is 15.1. The second-order valence-electron chi connectivity index (χ2n) is 3.18. The van der Waals surface area contributed by atoms with E-state index in [9.17, 15) is 4.79 Å². The van der Waals surface area contributed by atoms with Gasteiger partial charge in [-0.05, 0) is 35.0 Å². The van der Waals surface area contributed by atoms with Crippen molar-refractivity contribution in [1.82, 2.24) is 4.98 Å². The van der Waals surface area contributed by atoms with Gasteiger partial charge in [0.15, 0.2) is 0 Å². The first-order valence-corrected chi connectivity index (χ1v) is 5.73. The van der Waals surface area contributed by atoms with Gasteiger partial charge in [-0.25, -0.2) is 0 Å². The normalized spacial score (nSPS) is 10.9. The van der Waals surface area contributed by atoms with Crippen molar-refractivity contribution in [2.24, 2.45) is 0 Å². The summed E-state index contributed by atoms with van der Waals surface area (Å²) in [4.78, 5) is 14.9. The van der Waals surface area contributed by atoms with Crippen LogP contribution in [0.4, 0.5) is 0 Å². The lowest BCUT2D eigenvalue weighted by Gasteiger charge is -2.05. The topological polar surface area (TPSA) is 32.9 Å². The van der Waals surface area contributed by atoms with Crippen LogP contribution in [0.2, 0.25) is 10.0 Å². The third kappa shape index (κ3) is 1.69. The van der Waals surface area contributed by atoms with Crippen LogP contribution in [0.15, 0.2) is 21.4 Å². The van der Waals surface area contributed by atoms with Gasteiger partial charge in [-0.3, -0.25) is 4.79 Å². The van der Waals surface area contributed by atoms with Crippen LogP contribution in [-0.4, -0.2) is 4.98 Å². The molecular formula is C10H6BrCl2NO. The van der Waals surface area contributed by atoms with Crippen LogP contribution in [-0.2, 0) is 0 Å². The molecule has 1 heterocycles. The molecule has 0 unspecified atom stereocenters. The monoisotopic (exact) mass is 305 g/mol. The number of pyridine rings is 1. The molecule has 0 saturated carbocycles. The fraction of sp³-hybridized carbons (Fsp3) is 0.100. The highest BCUT2D eigenvalue weighted by Gasteiger charge is 2.10. The minimum atomic E-state index is -0.0835. The van der Waals surface area contributed by atoms with Crippen molar-refractivity contribution in [2.75, 3.05) is 0 Å². The number of aryl methyl sites for hydroxylation is 1. The Morgan fingerprint density at radius 2 is 2.00 bits per heavy atom. The Morgan fingerprint density at radius 1 is 1.33 bits per heavy atom. The number of aromatic amines is 1. The molecule has 0 saturated heterocycles. The average Bonchev–Trinajstić information content (AvgIpc) is 2.21. The van der Waals surface area contributed by atoms with Crippen LogP contribution in [0.25, 0.3) is 10.9 Å². The molecule has 0 radical (unpaired) electrons. The molecule has 1 N–H and O–H groups in total. The molecule has 1 aromatic carbocycles. The van der Waals surface area contributed by atoms with Crippen molar-refractivity contribution in [2.45, 2.75) is 6.92 Å². The van der Waals surface area contributed by atoms with Gasteiger partial charge < -0.3 is 4.98 Å². The number of rotatable bonds is 0. The van der Waals surface area contributed by atoms with Crippen LogP contribution < -0.4 is 5.43 Å². The number of aromatic nitrogens is 1. The van der Waals surface area contributed by atoms with Gasteiger partial charge in [-0.2, -0.15) is 0 Å². The molecule has 1 aromatic heterocycles. The summed E-state index contributed by atoms with van der Waals surface area (Å²) in [5.41, 5.74) is 1.23. The van der Waals surface area contributed by atoms with Crippen LogP contribution in [0.5, 0.6) is 0 Å². The van der Waals surface area contributed by atoms with Gasteiger partial charge in [0.1, 0.15) is 0 Å². The number of nitrogens with one attached hydrogen (secondary N) is 1. The van der Waals surface area contributed by atoms with Crippen LogP contribution in [0.1, 0.15) is 5.69 Å². The van der Waals surface area contributed by atoms with Gasteiger partial charge in [0.25, 0.3) is 0 Å². The van der Waals surface area contributed by atoms with Crippen molar-refractivity contribution in [3.05, 3.63) is 42.6 Å². The first-order valence-electron chi connectivity index (χ1n) is 4.18. The minimum absolute atomic E-state index is 0.0835. The predicted octanol–water partition coefficient (Wildman–Crippen LogP) is 3.91. The Morgan fingerprint density at radius 3 is 2.67 bits per heavy atom. The first-order chi connectivity index (χ1) is 7.02. The lowest BCUT2D eigenvalue weighted by molar-refractivity contribution is 1.22. The number of hydrogen-bond acceptors (Lipinski definition) is 1. The zero-order chi connectivity index (χ0) is 11.2. The molecule has 0 bridgehead atoms. The summed E-state index contributed by atoms with van der Waals surface area (Å²) in [6.45, 7) is 1.79. The highest BCUT2D eigenvalue weighted by Crippen LogP contribution is 2.29. The average molecular weight is 307 g/mol. The molecule has 2 nitrogen and oxygen atoms in total. The number of halogens is 3. The summed E-state index contributed by atoms with van der Waals surface area (Å²) < 4.78 is 0.522. The molecule has 0 aliphatic rings.